The zero-order valence-electron chi connectivity index (χ0n) is 5.39. The molecule has 0 aliphatic rings. The molecule has 0 amide bonds. The van der Waals surface area contributed by atoms with E-state index >= 15 is 0 Å². The van der Waals surface area contributed by atoms with E-state index in [0.717, 1.165) is 0 Å². The van der Waals surface area contributed by atoms with Crippen LogP contribution in [0.15, 0.2) is 17.5 Å². The van der Waals surface area contributed by atoms with E-state index in [2.05, 4.69) is 0 Å². The number of hydrogen-bond donors (Lipinski definition) is 0. The van der Waals surface area contributed by atoms with E-state index in [1.165, 1.54) is 11.3 Å². The standard InChI is InChI=1S/C6H5NO2S2/c7-4-6(11(8)9)5-2-1-3-10-5/h1-3,6H,(H,8,9)/p-1. The predicted octanol–water partition coefficient (Wildman–Crippen LogP) is 1.19. The summed E-state index contributed by atoms with van der Waals surface area (Å²) >= 11 is -1.07. The highest BCUT2D eigenvalue weighted by Gasteiger charge is 2.10. The van der Waals surface area contributed by atoms with Crippen LogP contribution in [0.25, 0.3) is 0 Å². The Bertz CT molecular complexity index is 288. The second-order valence-electron chi connectivity index (χ2n) is 1.79. The van der Waals surface area contributed by atoms with Crippen molar-refractivity contribution in [3.05, 3.63) is 22.4 Å². The van der Waals surface area contributed by atoms with Crippen molar-refractivity contribution in [2.45, 2.75) is 5.25 Å². The van der Waals surface area contributed by atoms with Gasteiger partial charge in [-0.15, -0.1) is 11.3 Å². The van der Waals surface area contributed by atoms with Gasteiger partial charge in [-0.1, -0.05) is 6.07 Å². The van der Waals surface area contributed by atoms with E-state index in [1.54, 1.807) is 23.6 Å². The number of nitriles is 1. The van der Waals surface area contributed by atoms with Gasteiger partial charge in [-0.05, 0) is 22.5 Å². The van der Waals surface area contributed by atoms with E-state index in [4.69, 9.17) is 5.26 Å². The molecule has 0 N–H and O–H groups in total. The molecule has 5 heteroatoms. The van der Waals surface area contributed by atoms with Gasteiger partial charge < -0.3 is 4.55 Å². The average molecular weight is 186 g/mol. The minimum atomic E-state index is -2.33. The van der Waals surface area contributed by atoms with Crippen molar-refractivity contribution < 1.29 is 8.76 Å². The lowest BCUT2D eigenvalue weighted by atomic mass is 10.4. The summed E-state index contributed by atoms with van der Waals surface area (Å²) in [5.74, 6) is 0. The van der Waals surface area contributed by atoms with Crippen LogP contribution in [0, 0.1) is 11.3 Å². The van der Waals surface area contributed by atoms with E-state index in [9.17, 15) is 8.76 Å². The van der Waals surface area contributed by atoms with Crippen LogP contribution in [0.4, 0.5) is 0 Å². The van der Waals surface area contributed by atoms with Crippen molar-refractivity contribution in [1.82, 2.24) is 0 Å². The Morgan fingerprint density at radius 1 is 1.82 bits per heavy atom. The summed E-state index contributed by atoms with van der Waals surface area (Å²) in [6.45, 7) is 0. The van der Waals surface area contributed by atoms with E-state index in [-0.39, 0.29) is 0 Å². The minimum Gasteiger partial charge on any atom is -0.771 e. The molecule has 0 aliphatic heterocycles. The third kappa shape index (κ3) is 1.87. The predicted molar refractivity (Wildman–Crippen MR) is 41.6 cm³/mol. The number of rotatable bonds is 2. The normalized spacial score (nSPS) is 15.3. The summed E-state index contributed by atoms with van der Waals surface area (Å²) in [4.78, 5) is 0.570. The molecule has 11 heavy (non-hydrogen) atoms. The van der Waals surface area contributed by atoms with Crippen molar-refractivity contribution in [3.63, 3.8) is 0 Å². The van der Waals surface area contributed by atoms with E-state index < -0.39 is 16.3 Å². The van der Waals surface area contributed by atoms with Crippen molar-refractivity contribution >= 4 is 22.4 Å². The fourth-order valence-corrected chi connectivity index (χ4v) is 2.05. The quantitative estimate of drug-likeness (QED) is 0.652. The first kappa shape index (κ1) is 8.40. The fraction of sp³-hybridized carbons (Fsp3) is 0.167. The van der Waals surface area contributed by atoms with Gasteiger partial charge in [0.1, 0.15) is 5.25 Å². The lowest BCUT2D eigenvalue weighted by Crippen LogP contribution is -2.00. The molecule has 1 heterocycles. The maximum absolute atomic E-state index is 10.4. The van der Waals surface area contributed by atoms with Crippen molar-refractivity contribution in [1.29, 1.82) is 5.26 Å². The highest BCUT2D eigenvalue weighted by atomic mass is 32.2. The van der Waals surface area contributed by atoms with Crippen LogP contribution in [0.5, 0.6) is 0 Å². The van der Waals surface area contributed by atoms with Gasteiger partial charge in [0.2, 0.25) is 0 Å². The van der Waals surface area contributed by atoms with Gasteiger partial charge in [0.15, 0.2) is 0 Å². The highest BCUT2D eigenvalue weighted by molar-refractivity contribution is 7.79. The first-order valence-corrected chi connectivity index (χ1v) is 4.78. The molecule has 1 aromatic heterocycles. The molecule has 0 aromatic carbocycles. The Balaban J connectivity index is 2.91. The lowest BCUT2D eigenvalue weighted by Gasteiger charge is -2.08. The summed E-state index contributed by atoms with van der Waals surface area (Å²) in [6, 6.07) is 5.05. The van der Waals surface area contributed by atoms with Gasteiger partial charge in [0.25, 0.3) is 0 Å². The van der Waals surface area contributed by atoms with Gasteiger partial charge in [-0.25, -0.2) is 0 Å². The molecule has 0 saturated carbocycles. The molecule has 0 radical (unpaired) electrons. The second-order valence-corrected chi connectivity index (χ2v) is 3.76. The van der Waals surface area contributed by atoms with Gasteiger partial charge in [-0.3, -0.25) is 4.21 Å². The molecule has 3 nitrogen and oxygen atoms in total. The smallest absolute Gasteiger partial charge is 0.142 e. The largest absolute Gasteiger partial charge is 0.771 e. The molecule has 1 aromatic rings. The van der Waals surface area contributed by atoms with Crippen molar-refractivity contribution in [2.75, 3.05) is 0 Å². The minimum absolute atomic E-state index is 0.570. The Morgan fingerprint density at radius 2 is 2.55 bits per heavy atom. The third-order valence-corrected chi connectivity index (χ3v) is 2.94. The van der Waals surface area contributed by atoms with Gasteiger partial charge in [0.05, 0.1) is 6.07 Å². The number of thiophene rings is 1. The Kier molecular flexibility index (Phi) is 2.76. The Hall–Kier alpha value is -0.700. The molecule has 0 saturated heterocycles. The maximum atomic E-state index is 10.4. The first-order chi connectivity index (χ1) is 5.25. The van der Waals surface area contributed by atoms with Crippen LogP contribution in [0.2, 0.25) is 0 Å². The van der Waals surface area contributed by atoms with Gasteiger partial charge in [-0.2, -0.15) is 5.26 Å². The van der Waals surface area contributed by atoms with Crippen LogP contribution in [0.1, 0.15) is 10.1 Å². The van der Waals surface area contributed by atoms with Gasteiger partial charge >= 0.3 is 0 Å². The molecule has 0 bridgehead atoms. The lowest BCUT2D eigenvalue weighted by molar-refractivity contribution is 0.532. The summed E-state index contributed by atoms with van der Waals surface area (Å²) < 4.78 is 20.8. The monoisotopic (exact) mass is 186 g/mol. The molecular formula is C6H4NO2S2-. The van der Waals surface area contributed by atoms with Crippen LogP contribution in [-0.2, 0) is 11.1 Å². The first-order valence-electron chi connectivity index (χ1n) is 2.77. The third-order valence-electron chi connectivity index (χ3n) is 1.11. The zero-order valence-corrected chi connectivity index (χ0v) is 7.02. The molecule has 0 fully saturated rings. The Morgan fingerprint density at radius 3 is 2.91 bits per heavy atom. The van der Waals surface area contributed by atoms with Crippen LogP contribution < -0.4 is 0 Å². The summed E-state index contributed by atoms with van der Waals surface area (Å²) in [5, 5.41) is 9.17. The highest BCUT2D eigenvalue weighted by Crippen LogP contribution is 2.22. The Labute approximate surface area is 70.6 Å². The molecular weight excluding hydrogens is 182 g/mol. The molecule has 2 unspecified atom stereocenters. The number of hydrogen-bond acceptors (Lipinski definition) is 4. The summed E-state index contributed by atoms with van der Waals surface area (Å²) in [6.07, 6.45) is 0. The molecule has 2 atom stereocenters. The van der Waals surface area contributed by atoms with Crippen molar-refractivity contribution in [3.8, 4) is 6.07 Å². The summed E-state index contributed by atoms with van der Waals surface area (Å²) in [7, 11) is 0. The van der Waals surface area contributed by atoms with E-state index in [1.807, 2.05) is 0 Å². The SMILES string of the molecule is N#CC(c1cccs1)S(=O)[O-]. The number of nitrogens with zero attached hydrogens (tertiary/aromatic N) is 1. The van der Waals surface area contributed by atoms with Crippen LogP contribution in [0.3, 0.4) is 0 Å². The van der Waals surface area contributed by atoms with Gasteiger partial charge in [0, 0.05) is 4.88 Å². The van der Waals surface area contributed by atoms with Crippen molar-refractivity contribution in [2.24, 2.45) is 0 Å². The van der Waals surface area contributed by atoms with E-state index in [0.29, 0.717) is 4.88 Å². The van der Waals surface area contributed by atoms with Crippen LogP contribution >= 0.6 is 11.3 Å². The topological polar surface area (TPSA) is 63.9 Å². The molecule has 58 valence electrons. The summed E-state index contributed by atoms with van der Waals surface area (Å²) in [5.41, 5.74) is 0. The average Bonchev–Trinajstić information content (AvgIpc) is 2.40. The van der Waals surface area contributed by atoms with Crippen LogP contribution in [-0.4, -0.2) is 8.76 Å². The molecule has 0 aliphatic carbocycles. The maximum Gasteiger partial charge on any atom is 0.142 e. The molecule has 1 rings (SSSR count). The fourth-order valence-electron chi connectivity index (χ4n) is 0.642. The second kappa shape index (κ2) is 3.62. The molecule has 0 spiro atoms. The zero-order chi connectivity index (χ0) is 8.27.